The molecule has 12 heteroatoms. The molecule has 0 aromatic rings. The lowest BCUT2D eigenvalue weighted by molar-refractivity contribution is -0.524. The Hall–Kier alpha value is -1.56. The zero-order valence-electron chi connectivity index (χ0n) is 13.4. The average Bonchev–Trinajstić information content (AvgIpc) is 2.46. The van der Waals surface area contributed by atoms with Gasteiger partial charge in [-0.3, -0.25) is 10.8 Å². The van der Waals surface area contributed by atoms with E-state index < -0.39 is 10.1 Å². The predicted molar refractivity (Wildman–Crippen MR) is 97.6 cm³/mol. The number of hydrogen-bond donors (Lipinski definition) is 4. The van der Waals surface area contributed by atoms with Crippen LogP contribution in [0.15, 0.2) is 0 Å². The van der Waals surface area contributed by atoms with Gasteiger partial charge in [-0.15, -0.1) is 0 Å². The van der Waals surface area contributed by atoms with Gasteiger partial charge in [0, 0.05) is 11.5 Å². The number of nitrogens with one attached hydrogen (secondary N) is 4. The van der Waals surface area contributed by atoms with Crippen LogP contribution in [-0.4, -0.2) is 31.9 Å². The highest BCUT2D eigenvalue weighted by Crippen LogP contribution is 2.13. The minimum absolute atomic E-state index is 0.126. The Kier molecular flexibility index (Phi) is 14.0. The molecule has 10 nitrogen and oxygen atoms in total. The van der Waals surface area contributed by atoms with Gasteiger partial charge in [-0.25, -0.2) is 20.2 Å². The number of amidine groups is 2. The van der Waals surface area contributed by atoms with Crippen LogP contribution in [0.25, 0.3) is 0 Å². The first-order valence-electron chi connectivity index (χ1n) is 7.66. The van der Waals surface area contributed by atoms with Gasteiger partial charge in [-0.1, -0.05) is 72.9 Å². The Morgan fingerprint density at radius 3 is 1.29 bits per heavy atom. The molecule has 0 saturated carbocycles. The molecular weight excluding hydrogens is 356 g/mol. The molecule has 0 saturated heterocycles. The summed E-state index contributed by atoms with van der Waals surface area (Å²) in [6, 6.07) is 0. The third-order valence-corrected chi connectivity index (χ3v) is 4.66. The van der Waals surface area contributed by atoms with Crippen molar-refractivity contribution in [2.24, 2.45) is 0 Å². The highest BCUT2D eigenvalue weighted by atomic mass is 32.2. The number of hydrogen-bond acceptors (Lipinski definition) is 8. The number of hydrazine groups is 2. The van der Waals surface area contributed by atoms with E-state index in [4.69, 9.17) is 10.8 Å². The average molecular weight is 380 g/mol. The largest absolute Gasteiger partial charge is 0.274 e. The Bertz CT molecular complexity index is 386. The molecule has 0 spiro atoms. The molecule has 0 aliphatic heterocycles. The van der Waals surface area contributed by atoms with E-state index in [-0.39, 0.29) is 10.3 Å². The molecule has 0 bridgehead atoms. The second-order valence-electron chi connectivity index (χ2n) is 4.92. The van der Waals surface area contributed by atoms with Crippen LogP contribution in [0, 0.1) is 31.0 Å². The molecule has 0 fully saturated rings. The third kappa shape index (κ3) is 16.8. The van der Waals surface area contributed by atoms with Crippen LogP contribution in [0.2, 0.25) is 0 Å². The molecule has 0 rings (SSSR count). The van der Waals surface area contributed by atoms with Crippen LogP contribution >= 0.6 is 23.5 Å². The number of unbranched alkanes of at least 4 members (excludes halogenated alkanes) is 7. The molecule has 0 aliphatic carbocycles. The number of thioether (sulfide) groups is 2. The lowest BCUT2D eigenvalue weighted by atomic mass is 10.1. The molecule has 0 aliphatic rings. The summed E-state index contributed by atoms with van der Waals surface area (Å²) in [6.07, 6.45) is 8.49. The van der Waals surface area contributed by atoms with Crippen LogP contribution in [0.1, 0.15) is 51.4 Å². The summed E-state index contributed by atoms with van der Waals surface area (Å²) in [7, 11) is 0. The van der Waals surface area contributed by atoms with Gasteiger partial charge >= 0.3 is 0 Å². The Labute approximate surface area is 149 Å². The van der Waals surface area contributed by atoms with Gasteiger partial charge in [0.1, 0.15) is 0 Å². The Balaban J connectivity index is 3.23. The zero-order valence-corrected chi connectivity index (χ0v) is 15.0. The molecular formula is C12H24N6O4S2. The van der Waals surface area contributed by atoms with E-state index in [9.17, 15) is 20.2 Å². The van der Waals surface area contributed by atoms with Gasteiger partial charge in [0.2, 0.25) is 10.3 Å². The molecule has 0 radical (unpaired) electrons. The maximum atomic E-state index is 10.1. The van der Waals surface area contributed by atoms with E-state index in [0.29, 0.717) is 11.5 Å². The van der Waals surface area contributed by atoms with Crippen LogP contribution in [0.3, 0.4) is 0 Å². The highest BCUT2D eigenvalue weighted by molar-refractivity contribution is 8.13. The quantitative estimate of drug-likeness (QED) is 0.125. The summed E-state index contributed by atoms with van der Waals surface area (Å²) in [5.74, 6) is 1.42. The van der Waals surface area contributed by atoms with Gasteiger partial charge in [0.25, 0.3) is 0 Å². The molecule has 0 atom stereocenters. The molecule has 4 N–H and O–H groups in total. The lowest BCUT2D eigenvalue weighted by Gasteiger charge is -2.03. The van der Waals surface area contributed by atoms with E-state index >= 15 is 0 Å². The fourth-order valence-electron chi connectivity index (χ4n) is 1.84. The molecule has 0 heterocycles. The van der Waals surface area contributed by atoms with Crippen molar-refractivity contribution in [2.75, 3.05) is 11.5 Å². The van der Waals surface area contributed by atoms with E-state index in [1.807, 2.05) is 10.9 Å². The maximum absolute atomic E-state index is 10.1. The second-order valence-corrected chi connectivity index (χ2v) is 7.13. The summed E-state index contributed by atoms with van der Waals surface area (Å²) >= 11 is 2.30. The van der Waals surface area contributed by atoms with E-state index in [1.165, 1.54) is 0 Å². The molecule has 0 aromatic heterocycles. The van der Waals surface area contributed by atoms with Gasteiger partial charge in [-0.2, -0.15) is 0 Å². The van der Waals surface area contributed by atoms with E-state index in [0.717, 1.165) is 74.9 Å². The van der Waals surface area contributed by atoms with Gasteiger partial charge < -0.3 is 0 Å². The summed E-state index contributed by atoms with van der Waals surface area (Å²) in [5, 5.41) is 33.0. The molecule has 138 valence electrons. The monoisotopic (exact) mass is 380 g/mol. The first kappa shape index (κ1) is 22.4. The van der Waals surface area contributed by atoms with Gasteiger partial charge in [0.15, 0.2) is 10.1 Å². The Morgan fingerprint density at radius 1 is 0.708 bits per heavy atom. The zero-order chi connectivity index (χ0) is 18.2. The van der Waals surface area contributed by atoms with Crippen LogP contribution in [0.4, 0.5) is 0 Å². The van der Waals surface area contributed by atoms with Crippen molar-refractivity contribution < 1.29 is 10.1 Å². The van der Waals surface area contributed by atoms with Crippen molar-refractivity contribution in [3.8, 4) is 0 Å². The minimum atomic E-state index is -0.727. The van der Waals surface area contributed by atoms with Crippen molar-refractivity contribution in [1.82, 2.24) is 10.9 Å². The van der Waals surface area contributed by atoms with E-state index in [1.54, 1.807) is 0 Å². The highest BCUT2D eigenvalue weighted by Gasteiger charge is 2.04. The Morgan fingerprint density at radius 2 is 1.00 bits per heavy atom. The van der Waals surface area contributed by atoms with Crippen molar-refractivity contribution >= 4 is 33.9 Å². The second kappa shape index (κ2) is 15.0. The minimum Gasteiger partial charge on any atom is -0.274 e. The van der Waals surface area contributed by atoms with Gasteiger partial charge in [-0.05, 0) is 12.8 Å². The summed E-state index contributed by atoms with van der Waals surface area (Å²) in [6.45, 7) is 0. The van der Waals surface area contributed by atoms with Crippen LogP contribution in [0.5, 0.6) is 0 Å². The van der Waals surface area contributed by atoms with Gasteiger partial charge in [0.05, 0.1) is 0 Å². The normalized spacial score (nSPS) is 10.2. The third-order valence-electron chi connectivity index (χ3n) is 2.92. The topological polar surface area (TPSA) is 158 Å². The number of nitrogens with zero attached hydrogens (tertiary/aromatic N) is 2. The molecule has 0 aromatic carbocycles. The molecule has 0 unspecified atom stereocenters. The summed E-state index contributed by atoms with van der Waals surface area (Å²) < 4.78 is 0. The number of nitro groups is 2. The lowest BCUT2D eigenvalue weighted by Crippen LogP contribution is -2.26. The van der Waals surface area contributed by atoms with Crippen LogP contribution in [-0.2, 0) is 0 Å². The van der Waals surface area contributed by atoms with Crippen molar-refractivity contribution in [2.45, 2.75) is 51.4 Å². The SMILES string of the molecule is N=C(N[N+](=O)[O-])SCCCCCCCCCCSC(=N)N[N+](=O)[O-]. The van der Waals surface area contributed by atoms with Crippen molar-refractivity contribution in [1.29, 1.82) is 10.8 Å². The van der Waals surface area contributed by atoms with Crippen LogP contribution < -0.4 is 10.9 Å². The van der Waals surface area contributed by atoms with E-state index in [2.05, 4.69) is 0 Å². The summed E-state index contributed by atoms with van der Waals surface area (Å²) in [4.78, 5) is 20.2. The predicted octanol–water partition coefficient (Wildman–Crippen LogP) is 3.01. The molecule has 0 amide bonds. The first-order chi connectivity index (χ1) is 11.4. The smallest absolute Gasteiger partial charge is 0.217 e. The molecule has 24 heavy (non-hydrogen) atoms. The van der Waals surface area contributed by atoms with Crippen molar-refractivity contribution in [3.63, 3.8) is 0 Å². The maximum Gasteiger partial charge on any atom is 0.217 e. The fourth-order valence-corrected chi connectivity index (χ4v) is 3.23. The standard InChI is InChI=1S/C12H24N6O4S2/c13-11(15-17(19)20)23-9-7-5-3-1-2-4-6-8-10-24-12(14)16-18(21)22/h1-10H2,(H2,13,15)(H2,14,16). The van der Waals surface area contributed by atoms with Crippen molar-refractivity contribution in [3.05, 3.63) is 20.2 Å². The number of rotatable bonds is 13. The summed E-state index contributed by atoms with van der Waals surface area (Å²) in [5.41, 5.74) is 3.62. The fraction of sp³-hybridized carbons (Fsp3) is 0.833. The first-order valence-corrected chi connectivity index (χ1v) is 9.63.